The van der Waals surface area contributed by atoms with Crippen molar-refractivity contribution in [2.24, 2.45) is 0 Å². The van der Waals surface area contributed by atoms with Crippen molar-refractivity contribution in [2.45, 2.75) is 42.5 Å². The van der Waals surface area contributed by atoms with Crippen molar-refractivity contribution in [2.75, 3.05) is 0 Å². The van der Waals surface area contributed by atoms with Gasteiger partial charge < -0.3 is 0 Å². The largest absolute Gasteiger partial charge is 0.523 e. The van der Waals surface area contributed by atoms with E-state index in [0.717, 1.165) is 0 Å². The molecule has 108 valence electrons. The Balaban J connectivity index is 2.61. The van der Waals surface area contributed by atoms with Gasteiger partial charge in [-0.05, 0) is 25.7 Å². The fraction of sp³-hybridized carbons (Fsp3) is 1.00. The summed E-state index contributed by atoms with van der Waals surface area (Å²) in [6.07, 6.45) is -1.86. The molecule has 1 saturated carbocycles. The predicted octanol–water partition coefficient (Wildman–Crippen LogP) is 1.05. The Hall–Kier alpha value is -0.390. The van der Waals surface area contributed by atoms with E-state index in [0.29, 0.717) is 0 Å². The summed E-state index contributed by atoms with van der Waals surface area (Å²) in [6.45, 7) is 0. The predicted molar refractivity (Wildman–Crippen MR) is 53.7 cm³/mol. The van der Waals surface area contributed by atoms with E-state index >= 15 is 0 Å². The van der Waals surface area contributed by atoms with Crippen molar-refractivity contribution in [3.63, 3.8) is 0 Å². The highest BCUT2D eigenvalue weighted by atomic mass is 32.2. The maximum Gasteiger partial charge on any atom is 0.523 e. The van der Waals surface area contributed by atoms with Crippen LogP contribution in [0.4, 0.5) is 13.2 Å². The third-order valence-electron chi connectivity index (χ3n) is 2.59. The van der Waals surface area contributed by atoms with Crippen LogP contribution in [0.25, 0.3) is 0 Å². The van der Waals surface area contributed by atoms with Gasteiger partial charge in [0.25, 0.3) is 10.1 Å². The average Bonchev–Trinajstić information content (AvgIpc) is 2.14. The van der Waals surface area contributed by atoms with Gasteiger partial charge in [0.2, 0.25) is 0 Å². The van der Waals surface area contributed by atoms with Gasteiger partial charge in [0.15, 0.2) is 0 Å². The third kappa shape index (κ3) is 3.80. The molecule has 1 rings (SSSR count). The topological polar surface area (TPSA) is 97.7 Å². The van der Waals surface area contributed by atoms with Crippen LogP contribution in [0.5, 0.6) is 0 Å². The zero-order chi connectivity index (χ0) is 14.2. The van der Waals surface area contributed by atoms with Gasteiger partial charge in [-0.3, -0.25) is 8.74 Å². The summed E-state index contributed by atoms with van der Waals surface area (Å²) in [7, 11) is -9.91. The number of halogens is 3. The molecular formula is C7H11F3O6S2. The molecule has 11 heteroatoms. The maximum absolute atomic E-state index is 12.0. The first kappa shape index (κ1) is 15.7. The van der Waals surface area contributed by atoms with E-state index in [1.54, 1.807) is 0 Å². The lowest BCUT2D eigenvalue weighted by Gasteiger charge is -2.26. The fourth-order valence-corrected chi connectivity index (χ4v) is 3.19. The molecule has 0 aromatic carbocycles. The van der Waals surface area contributed by atoms with E-state index < -0.39 is 37.1 Å². The van der Waals surface area contributed by atoms with E-state index in [4.69, 9.17) is 4.55 Å². The second-order valence-electron chi connectivity index (χ2n) is 3.91. The molecule has 0 unspecified atom stereocenters. The highest BCUT2D eigenvalue weighted by Gasteiger charge is 2.49. The summed E-state index contributed by atoms with van der Waals surface area (Å²) >= 11 is 0. The molecule has 0 aromatic heterocycles. The zero-order valence-electron chi connectivity index (χ0n) is 8.92. The molecule has 0 radical (unpaired) electrons. The number of rotatable bonds is 3. The van der Waals surface area contributed by atoms with Gasteiger partial charge in [0, 0.05) is 0 Å². The highest BCUT2D eigenvalue weighted by molar-refractivity contribution is 7.87. The molecule has 0 spiro atoms. The maximum atomic E-state index is 12.0. The molecular weight excluding hydrogens is 301 g/mol. The van der Waals surface area contributed by atoms with E-state index in [9.17, 15) is 30.0 Å². The van der Waals surface area contributed by atoms with Crippen LogP contribution in [-0.2, 0) is 24.4 Å². The van der Waals surface area contributed by atoms with Crippen molar-refractivity contribution in [1.29, 1.82) is 0 Å². The first-order valence-electron chi connectivity index (χ1n) is 4.89. The molecule has 1 aliphatic carbocycles. The number of hydrogen-bond donors (Lipinski definition) is 1. The molecule has 6 nitrogen and oxygen atoms in total. The highest BCUT2D eigenvalue weighted by Crippen LogP contribution is 2.31. The van der Waals surface area contributed by atoms with Crippen molar-refractivity contribution in [3.8, 4) is 0 Å². The number of alkyl halides is 3. The summed E-state index contributed by atoms with van der Waals surface area (Å²) in [4.78, 5) is 0. The first-order valence-corrected chi connectivity index (χ1v) is 7.80. The summed E-state index contributed by atoms with van der Waals surface area (Å²) in [6, 6.07) is 0. The average molecular weight is 312 g/mol. The van der Waals surface area contributed by atoms with Gasteiger partial charge in [0.05, 0.1) is 11.4 Å². The third-order valence-corrected chi connectivity index (χ3v) is 5.00. The smallest absolute Gasteiger partial charge is 0.285 e. The van der Waals surface area contributed by atoms with Crippen LogP contribution in [0.3, 0.4) is 0 Å². The minimum absolute atomic E-state index is 0.142. The van der Waals surface area contributed by atoms with Crippen LogP contribution in [0.15, 0.2) is 0 Å². The summed E-state index contributed by atoms with van der Waals surface area (Å²) in [5.41, 5.74) is -5.49. The molecule has 0 bridgehead atoms. The lowest BCUT2D eigenvalue weighted by molar-refractivity contribution is -0.0584. The van der Waals surface area contributed by atoms with E-state index in [2.05, 4.69) is 4.18 Å². The molecule has 0 atom stereocenters. The Labute approximate surface area is 102 Å². The summed E-state index contributed by atoms with van der Waals surface area (Å²) < 4.78 is 91.6. The van der Waals surface area contributed by atoms with Crippen molar-refractivity contribution >= 4 is 20.2 Å². The minimum atomic E-state index is -5.66. The van der Waals surface area contributed by atoms with E-state index in [-0.39, 0.29) is 25.7 Å². The molecule has 0 saturated heterocycles. The summed E-state index contributed by atoms with van der Waals surface area (Å²) in [5, 5.41) is -1.08. The Morgan fingerprint density at radius 1 is 1.00 bits per heavy atom. The fourth-order valence-electron chi connectivity index (χ4n) is 1.66. The Morgan fingerprint density at radius 2 is 1.44 bits per heavy atom. The molecule has 1 fully saturated rings. The first-order chi connectivity index (χ1) is 7.93. The monoisotopic (exact) mass is 312 g/mol. The molecule has 1 aliphatic rings. The quantitative estimate of drug-likeness (QED) is 0.475. The second kappa shape index (κ2) is 4.94. The summed E-state index contributed by atoms with van der Waals surface area (Å²) in [5.74, 6) is 0. The van der Waals surface area contributed by atoms with Crippen LogP contribution in [0.2, 0.25) is 0 Å². The molecule has 0 heterocycles. The van der Waals surface area contributed by atoms with Crippen molar-refractivity contribution in [1.82, 2.24) is 0 Å². The second-order valence-corrected chi connectivity index (χ2v) is 7.17. The van der Waals surface area contributed by atoms with Crippen LogP contribution < -0.4 is 0 Å². The van der Waals surface area contributed by atoms with Gasteiger partial charge in [0.1, 0.15) is 0 Å². The molecule has 0 aliphatic heterocycles. The van der Waals surface area contributed by atoms with Crippen molar-refractivity contribution in [3.05, 3.63) is 0 Å². The normalized spacial score (nSPS) is 27.1. The van der Waals surface area contributed by atoms with Crippen LogP contribution in [0.1, 0.15) is 25.7 Å². The van der Waals surface area contributed by atoms with Crippen LogP contribution in [-0.4, -0.2) is 38.3 Å². The van der Waals surface area contributed by atoms with E-state index in [1.165, 1.54) is 0 Å². The standard InChI is InChI=1S/C7H11F3O6S2/c8-7(9,10)18(14,15)16-5-1-3-6(4-2-5)17(11,12)13/h5-6H,1-4H2,(H,11,12,13). The van der Waals surface area contributed by atoms with Gasteiger partial charge in [-0.15, -0.1) is 0 Å². The molecule has 0 amide bonds. The molecule has 0 aromatic rings. The van der Waals surface area contributed by atoms with Gasteiger partial charge in [-0.2, -0.15) is 30.0 Å². The van der Waals surface area contributed by atoms with Crippen molar-refractivity contribution < 1.29 is 38.7 Å². The SMILES string of the molecule is O=S(=O)(O)C1CCC(OS(=O)(=O)C(F)(F)F)CC1. The van der Waals surface area contributed by atoms with E-state index in [1.807, 2.05) is 0 Å². The Morgan fingerprint density at radius 3 is 1.78 bits per heavy atom. The Kier molecular flexibility index (Phi) is 4.30. The lowest BCUT2D eigenvalue weighted by Crippen LogP contribution is -2.35. The minimum Gasteiger partial charge on any atom is -0.285 e. The number of hydrogen-bond acceptors (Lipinski definition) is 5. The van der Waals surface area contributed by atoms with Gasteiger partial charge in [-0.1, -0.05) is 0 Å². The molecule has 1 N–H and O–H groups in total. The van der Waals surface area contributed by atoms with Gasteiger partial charge >= 0.3 is 15.6 Å². The van der Waals surface area contributed by atoms with Gasteiger partial charge in [-0.25, -0.2) is 0 Å². The lowest BCUT2D eigenvalue weighted by atomic mass is 9.97. The van der Waals surface area contributed by atoms with Crippen LogP contribution in [0, 0.1) is 0 Å². The Bertz CT molecular complexity index is 486. The van der Waals surface area contributed by atoms with Crippen LogP contribution >= 0.6 is 0 Å². The zero-order valence-corrected chi connectivity index (χ0v) is 10.6. The molecule has 18 heavy (non-hydrogen) atoms.